The minimum Gasteiger partial charge on any atom is -0.338 e. The van der Waals surface area contributed by atoms with E-state index in [1.165, 1.54) is 0 Å². The van der Waals surface area contributed by atoms with Crippen LogP contribution in [0.2, 0.25) is 0 Å². The van der Waals surface area contributed by atoms with Gasteiger partial charge in [0.05, 0.1) is 11.8 Å². The van der Waals surface area contributed by atoms with Gasteiger partial charge in [0.25, 0.3) is 5.91 Å². The summed E-state index contributed by atoms with van der Waals surface area (Å²) < 4.78 is 24.9. The van der Waals surface area contributed by atoms with Crippen LogP contribution >= 0.6 is 0 Å². The van der Waals surface area contributed by atoms with Crippen LogP contribution in [0.4, 0.5) is 0 Å². The van der Waals surface area contributed by atoms with Crippen LogP contribution in [0.1, 0.15) is 23.2 Å². The Hall–Kier alpha value is -1.47. The van der Waals surface area contributed by atoms with Gasteiger partial charge in [-0.05, 0) is 25.0 Å². The SMILES string of the molecule is CS(=O)(=O)NC1CCN(C(=O)c2cccnc2)CC1. The Kier molecular flexibility index (Phi) is 4.16. The second kappa shape index (κ2) is 5.66. The highest BCUT2D eigenvalue weighted by Crippen LogP contribution is 2.14. The molecule has 1 aliphatic heterocycles. The van der Waals surface area contributed by atoms with Gasteiger partial charge in [-0.15, -0.1) is 0 Å². The number of sulfonamides is 1. The molecule has 0 radical (unpaired) electrons. The van der Waals surface area contributed by atoms with Crippen LogP contribution in [0.3, 0.4) is 0 Å². The van der Waals surface area contributed by atoms with Crippen molar-refractivity contribution in [3.05, 3.63) is 30.1 Å². The molecule has 0 atom stereocenters. The van der Waals surface area contributed by atoms with E-state index in [2.05, 4.69) is 9.71 Å². The molecule has 1 N–H and O–H groups in total. The van der Waals surface area contributed by atoms with Crippen LogP contribution in [0.5, 0.6) is 0 Å². The lowest BCUT2D eigenvalue weighted by atomic mass is 10.1. The molecule has 0 aromatic carbocycles. The van der Waals surface area contributed by atoms with Gasteiger partial charge in [-0.25, -0.2) is 13.1 Å². The molecule has 1 amide bonds. The predicted molar refractivity (Wildman–Crippen MR) is 71.1 cm³/mol. The predicted octanol–water partition coefficient (Wildman–Crippen LogP) is 0.235. The lowest BCUT2D eigenvalue weighted by Gasteiger charge is -2.31. The number of hydrogen-bond donors (Lipinski definition) is 1. The van der Waals surface area contributed by atoms with Crippen LogP contribution in [0.25, 0.3) is 0 Å². The van der Waals surface area contributed by atoms with Gasteiger partial charge in [-0.1, -0.05) is 0 Å². The number of likely N-dealkylation sites (tertiary alicyclic amines) is 1. The van der Waals surface area contributed by atoms with Gasteiger partial charge in [0.2, 0.25) is 10.0 Å². The van der Waals surface area contributed by atoms with Crippen LogP contribution in [-0.2, 0) is 10.0 Å². The van der Waals surface area contributed by atoms with E-state index in [1.54, 1.807) is 29.4 Å². The van der Waals surface area contributed by atoms with Crippen LogP contribution in [0.15, 0.2) is 24.5 Å². The molecule has 6 nitrogen and oxygen atoms in total. The molecule has 2 heterocycles. The number of aromatic nitrogens is 1. The van der Waals surface area contributed by atoms with Gasteiger partial charge in [0.1, 0.15) is 0 Å². The summed E-state index contributed by atoms with van der Waals surface area (Å²) in [5.41, 5.74) is 0.567. The minimum atomic E-state index is -3.18. The quantitative estimate of drug-likeness (QED) is 0.861. The first-order chi connectivity index (χ1) is 8.96. The number of piperidine rings is 1. The van der Waals surface area contributed by atoms with Crippen LogP contribution < -0.4 is 4.72 Å². The minimum absolute atomic E-state index is 0.0501. The number of nitrogens with one attached hydrogen (secondary N) is 1. The number of hydrogen-bond acceptors (Lipinski definition) is 4. The average molecular weight is 283 g/mol. The molecule has 0 spiro atoms. The van der Waals surface area contributed by atoms with Gasteiger partial charge >= 0.3 is 0 Å². The van der Waals surface area contributed by atoms with Crippen molar-refractivity contribution >= 4 is 15.9 Å². The van der Waals surface area contributed by atoms with Crippen molar-refractivity contribution in [2.75, 3.05) is 19.3 Å². The molecule has 0 unspecified atom stereocenters. The fourth-order valence-corrected chi connectivity index (χ4v) is 3.02. The van der Waals surface area contributed by atoms with Crippen molar-refractivity contribution in [3.63, 3.8) is 0 Å². The lowest BCUT2D eigenvalue weighted by Crippen LogP contribution is -2.46. The Labute approximate surface area is 112 Å². The molecular weight excluding hydrogens is 266 g/mol. The first-order valence-electron chi connectivity index (χ1n) is 6.12. The molecule has 1 aromatic rings. The number of carbonyl (C=O) groups is 1. The first kappa shape index (κ1) is 14.0. The lowest BCUT2D eigenvalue weighted by molar-refractivity contribution is 0.0711. The van der Waals surface area contributed by atoms with Gasteiger partial charge in [-0.2, -0.15) is 0 Å². The summed E-state index contributed by atoms with van der Waals surface area (Å²) in [6.45, 7) is 1.11. The monoisotopic (exact) mass is 283 g/mol. The highest BCUT2D eigenvalue weighted by atomic mass is 32.2. The van der Waals surface area contributed by atoms with E-state index in [0.717, 1.165) is 6.26 Å². The van der Waals surface area contributed by atoms with Crippen molar-refractivity contribution in [3.8, 4) is 0 Å². The van der Waals surface area contributed by atoms with E-state index in [4.69, 9.17) is 0 Å². The Morgan fingerprint density at radius 1 is 1.42 bits per heavy atom. The third kappa shape index (κ3) is 4.00. The number of carbonyl (C=O) groups excluding carboxylic acids is 1. The molecular formula is C12H17N3O3S. The Morgan fingerprint density at radius 3 is 2.63 bits per heavy atom. The molecule has 19 heavy (non-hydrogen) atoms. The van der Waals surface area contributed by atoms with Crippen LogP contribution in [-0.4, -0.2) is 49.6 Å². The van der Waals surface area contributed by atoms with Crippen LogP contribution in [0, 0.1) is 0 Å². The summed E-state index contributed by atoms with van der Waals surface area (Å²) in [6, 6.07) is 3.38. The van der Waals surface area contributed by atoms with Gasteiger partial charge < -0.3 is 4.90 Å². The van der Waals surface area contributed by atoms with Gasteiger partial charge in [0, 0.05) is 31.5 Å². The van der Waals surface area contributed by atoms with Gasteiger partial charge in [-0.3, -0.25) is 9.78 Å². The molecule has 1 saturated heterocycles. The van der Waals surface area contributed by atoms with E-state index >= 15 is 0 Å². The first-order valence-corrected chi connectivity index (χ1v) is 8.01. The van der Waals surface area contributed by atoms with E-state index in [9.17, 15) is 13.2 Å². The second-order valence-corrected chi connectivity index (χ2v) is 6.48. The normalized spacial score (nSPS) is 17.4. The number of pyridine rings is 1. The van der Waals surface area contributed by atoms with Crippen molar-refractivity contribution in [2.45, 2.75) is 18.9 Å². The molecule has 0 aliphatic carbocycles. The molecule has 0 saturated carbocycles. The molecule has 7 heteroatoms. The molecule has 1 aromatic heterocycles. The number of amides is 1. The third-order valence-corrected chi connectivity index (χ3v) is 3.83. The Morgan fingerprint density at radius 2 is 2.11 bits per heavy atom. The van der Waals surface area contributed by atoms with E-state index < -0.39 is 10.0 Å². The maximum Gasteiger partial charge on any atom is 0.255 e. The molecule has 1 fully saturated rings. The maximum absolute atomic E-state index is 12.1. The molecule has 2 rings (SSSR count). The maximum atomic E-state index is 12.1. The second-order valence-electron chi connectivity index (χ2n) is 4.70. The zero-order chi connectivity index (χ0) is 13.9. The smallest absolute Gasteiger partial charge is 0.255 e. The molecule has 0 bridgehead atoms. The Bertz CT molecular complexity index is 537. The topological polar surface area (TPSA) is 79.4 Å². The molecule has 1 aliphatic rings. The summed E-state index contributed by atoms with van der Waals surface area (Å²) in [5.74, 6) is -0.0501. The summed E-state index contributed by atoms with van der Waals surface area (Å²) in [7, 11) is -3.18. The van der Waals surface area contributed by atoms with E-state index in [0.29, 0.717) is 31.5 Å². The summed E-state index contributed by atoms with van der Waals surface area (Å²) in [4.78, 5) is 17.8. The van der Waals surface area contributed by atoms with E-state index in [-0.39, 0.29) is 11.9 Å². The third-order valence-electron chi connectivity index (χ3n) is 3.07. The number of rotatable bonds is 3. The summed E-state index contributed by atoms with van der Waals surface area (Å²) in [6.07, 6.45) is 5.60. The summed E-state index contributed by atoms with van der Waals surface area (Å²) >= 11 is 0. The Balaban J connectivity index is 1.92. The van der Waals surface area contributed by atoms with Crippen molar-refractivity contribution in [1.29, 1.82) is 0 Å². The largest absolute Gasteiger partial charge is 0.338 e. The van der Waals surface area contributed by atoms with Crippen molar-refractivity contribution < 1.29 is 13.2 Å². The molecule has 104 valence electrons. The standard InChI is InChI=1S/C12H17N3O3S/c1-19(17,18)14-11-4-7-15(8-5-11)12(16)10-3-2-6-13-9-10/h2-3,6,9,11,14H,4-5,7-8H2,1H3. The average Bonchev–Trinajstić information content (AvgIpc) is 2.38. The highest BCUT2D eigenvalue weighted by molar-refractivity contribution is 7.88. The number of nitrogens with zero attached hydrogens (tertiary/aromatic N) is 2. The zero-order valence-corrected chi connectivity index (χ0v) is 11.6. The highest BCUT2D eigenvalue weighted by Gasteiger charge is 2.25. The van der Waals surface area contributed by atoms with E-state index in [1.807, 2.05) is 0 Å². The zero-order valence-electron chi connectivity index (χ0n) is 10.7. The summed E-state index contributed by atoms with van der Waals surface area (Å²) in [5, 5.41) is 0. The fraction of sp³-hybridized carbons (Fsp3) is 0.500. The van der Waals surface area contributed by atoms with Crippen molar-refractivity contribution in [2.24, 2.45) is 0 Å². The van der Waals surface area contributed by atoms with Gasteiger partial charge in [0.15, 0.2) is 0 Å². The van der Waals surface area contributed by atoms with Crippen molar-refractivity contribution in [1.82, 2.24) is 14.6 Å². The fourth-order valence-electron chi connectivity index (χ4n) is 2.18.